The lowest BCUT2D eigenvalue weighted by Gasteiger charge is -2.11. The van der Waals surface area contributed by atoms with Crippen molar-refractivity contribution in [3.8, 4) is 0 Å². The van der Waals surface area contributed by atoms with Crippen LogP contribution in [0.1, 0.15) is 47.6 Å². The van der Waals surface area contributed by atoms with Crippen molar-refractivity contribution in [3.05, 3.63) is 46.8 Å². The van der Waals surface area contributed by atoms with E-state index in [1.807, 2.05) is 18.5 Å². The number of hydrogen-bond acceptors (Lipinski definition) is 4. The Balaban J connectivity index is 2.02. The fourth-order valence-corrected chi connectivity index (χ4v) is 3.14. The summed E-state index contributed by atoms with van der Waals surface area (Å²) >= 11 is 0. The molecule has 0 atom stereocenters. The van der Waals surface area contributed by atoms with E-state index in [4.69, 9.17) is 5.73 Å². The first-order valence-electron chi connectivity index (χ1n) is 9.73. The quantitative estimate of drug-likeness (QED) is 0.617. The second-order valence-electron chi connectivity index (χ2n) is 7.36. The van der Waals surface area contributed by atoms with Crippen LogP contribution in [0.4, 0.5) is 5.69 Å². The number of benzene rings is 1. The Labute approximate surface area is 166 Å². The highest BCUT2D eigenvalue weighted by atomic mass is 16.2. The second kappa shape index (κ2) is 10.0. The van der Waals surface area contributed by atoms with Crippen LogP contribution in [0.3, 0.4) is 0 Å². The standard InChI is InChI=1S/C21H31N5O2/c1-14(2)13-26-16(4)17(15(3)25-26)9-10-20(27)24-19-8-6-5-7-18(19)21(28)23-12-11-22/h5-8,14H,9-13,22H2,1-4H3,(H,23,28)(H,24,27). The molecule has 4 N–H and O–H groups in total. The molecule has 0 aliphatic heterocycles. The Hall–Kier alpha value is -2.67. The molecule has 1 aromatic heterocycles. The van der Waals surface area contributed by atoms with E-state index in [0.717, 1.165) is 23.5 Å². The van der Waals surface area contributed by atoms with Crippen LogP contribution in [0, 0.1) is 19.8 Å². The summed E-state index contributed by atoms with van der Waals surface area (Å²) in [5, 5.41) is 10.2. The van der Waals surface area contributed by atoms with Crippen LogP contribution in [-0.2, 0) is 17.8 Å². The number of carbonyl (C=O) groups excluding carboxylic acids is 2. The molecule has 2 rings (SSSR count). The number of hydrogen-bond donors (Lipinski definition) is 3. The van der Waals surface area contributed by atoms with E-state index in [0.29, 0.717) is 43.1 Å². The van der Waals surface area contributed by atoms with Gasteiger partial charge in [-0.2, -0.15) is 5.10 Å². The van der Waals surface area contributed by atoms with Crippen molar-refractivity contribution in [2.45, 2.75) is 47.1 Å². The third kappa shape index (κ3) is 5.66. The van der Waals surface area contributed by atoms with Gasteiger partial charge in [-0.25, -0.2) is 0 Å². The van der Waals surface area contributed by atoms with Crippen molar-refractivity contribution < 1.29 is 9.59 Å². The zero-order valence-corrected chi connectivity index (χ0v) is 17.2. The Kier molecular flexibility index (Phi) is 7.75. The smallest absolute Gasteiger partial charge is 0.253 e. The molecule has 2 amide bonds. The summed E-state index contributed by atoms with van der Waals surface area (Å²) < 4.78 is 2.02. The molecule has 0 saturated carbocycles. The van der Waals surface area contributed by atoms with Gasteiger partial charge >= 0.3 is 0 Å². The topological polar surface area (TPSA) is 102 Å². The first-order valence-corrected chi connectivity index (χ1v) is 9.73. The van der Waals surface area contributed by atoms with E-state index in [1.54, 1.807) is 24.3 Å². The molecule has 7 heteroatoms. The lowest BCUT2D eigenvalue weighted by Crippen LogP contribution is -2.30. The number of rotatable bonds is 9. The molecular weight excluding hydrogens is 354 g/mol. The summed E-state index contributed by atoms with van der Waals surface area (Å²) in [4.78, 5) is 24.7. The highest BCUT2D eigenvalue weighted by molar-refractivity contribution is 6.03. The molecule has 0 unspecified atom stereocenters. The summed E-state index contributed by atoms with van der Waals surface area (Å²) in [6, 6.07) is 6.97. The minimum atomic E-state index is -0.247. The maximum absolute atomic E-state index is 12.5. The van der Waals surface area contributed by atoms with Crippen LogP contribution in [-0.4, -0.2) is 34.7 Å². The van der Waals surface area contributed by atoms with Gasteiger partial charge in [0.05, 0.1) is 16.9 Å². The molecule has 1 aromatic carbocycles. The lowest BCUT2D eigenvalue weighted by molar-refractivity contribution is -0.116. The van der Waals surface area contributed by atoms with Crippen molar-refractivity contribution in [1.82, 2.24) is 15.1 Å². The maximum Gasteiger partial charge on any atom is 0.253 e. The molecule has 0 fully saturated rings. The zero-order valence-electron chi connectivity index (χ0n) is 17.2. The van der Waals surface area contributed by atoms with Crippen molar-refractivity contribution in [2.75, 3.05) is 18.4 Å². The van der Waals surface area contributed by atoms with Gasteiger partial charge in [0.15, 0.2) is 0 Å². The second-order valence-corrected chi connectivity index (χ2v) is 7.36. The van der Waals surface area contributed by atoms with E-state index in [1.165, 1.54) is 0 Å². The van der Waals surface area contributed by atoms with Gasteiger partial charge in [0.2, 0.25) is 5.91 Å². The minimum absolute atomic E-state index is 0.130. The molecular formula is C21H31N5O2. The van der Waals surface area contributed by atoms with Gasteiger partial charge in [-0.05, 0) is 43.9 Å². The van der Waals surface area contributed by atoms with Gasteiger partial charge in [-0.3, -0.25) is 14.3 Å². The first kappa shape index (κ1) is 21.6. The van der Waals surface area contributed by atoms with Crippen LogP contribution in [0.15, 0.2) is 24.3 Å². The molecule has 0 bridgehead atoms. The van der Waals surface area contributed by atoms with Crippen LogP contribution in [0.5, 0.6) is 0 Å². The van der Waals surface area contributed by atoms with E-state index >= 15 is 0 Å². The van der Waals surface area contributed by atoms with Crippen molar-refractivity contribution in [3.63, 3.8) is 0 Å². The first-order chi connectivity index (χ1) is 13.3. The van der Waals surface area contributed by atoms with Crippen molar-refractivity contribution in [2.24, 2.45) is 11.7 Å². The monoisotopic (exact) mass is 385 g/mol. The summed E-state index contributed by atoms with van der Waals surface area (Å²) in [6.07, 6.45) is 0.941. The van der Waals surface area contributed by atoms with Crippen LogP contribution < -0.4 is 16.4 Å². The normalized spacial score (nSPS) is 10.9. The number of anilines is 1. The maximum atomic E-state index is 12.5. The summed E-state index contributed by atoms with van der Waals surface area (Å²) in [5.41, 5.74) is 9.56. The molecule has 2 aromatic rings. The Morgan fingerprint density at radius 2 is 1.93 bits per heavy atom. The van der Waals surface area contributed by atoms with Gasteiger partial charge in [0.1, 0.15) is 0 Å². The number of aryl methyl sites for hydroxylation is 1. The number of carbonyl (C=O) groups is 2. The van der Waals surface area contributed by atoms with E-state index < -0.39 is 0 Å². The van der Waals surface area contributed by atoms with Crippen LogP contribution in [0.2, 0.25) is 0 Å². The van der Waals surface area contributed by atoms with Gasteiger partial charge in [-0.15, -0.1) is 0 Å². The van der Waals surface area contributed by atoms with E-state index in [9.17, 15) is 9.59 Å². The molecule has 0 spiro atoms. The molecule has 0 aliphatic carbocycles. The number of nitrogens with two attached hydrogens (primary N) is 1. The average Bonchev–Trinajstić information content (AvgIpc) is 2.91. The molecule has 0 aliphatic rings. The SMILES string of the molecule is Cc1nn(CC(C)C)c(C)c1CCC(=O)Nc1ccccc1C(=O)NCCN. The number of nitrogens with zero attached hydrogens (tertiary/aromatic N) is 2. The molecule has 152 valence electrons. The Morgan fingerprint density at radius 1 is 1.21 bits per heavy atom. The summed E-state index contributed by atoms with van der Waals surface area (Å²) in [7, 11) is 0. The van der Waals surface area contributed by atoms with Crippen LogP contribution in [0.25, 0.3) is 0 Å². The average molecular weight is 386 g/mol. The lowest BCUT2D eigenvalue weighted by atomic mass is 10.1. The van der Waals surface area contributed by atoms with Gasteiger partial charge in [0.25, 0.3) is 5.91 Å². The third-order valence-electron chi connectivity index (χ3n) is 4.55. The number of amides is 2. The molecule has 0 saturated heterocycles. The molecule has 1 heterocycles. The largest absolute Gasteiger partial charge is 0.351 e. The van der Waals surface area contributed by atoms with Gasteiger partial charge in [0, 0.05) is 31.7 Å². The summed E-state index contributed by atoms with van der Waals surface area (Å²) in [5.74, 6) is 0.133. The van der Waals surface area contributed by atoms with Crippen molar-refractivity contribution in [1.29, 1.82) is 0 Å². The van der Waals surface area contributed by atoms with Gasteiger partial charge in [-0.1, -0.05) is 26.0 Å². The molecule has 28 heavy (non-hydrogen) atoms. The minimum Gasteiger partial charge on any atom is -0.351 e. The van der Waals surface area contributed by atoms with Crippen LogP contribution >= 0.6 is 0 Å². The Morgan fingerprint density at radius 3 is 2.61 bits per heavy atom. The highest BCUT2D eigenvalue weighted by Crippen LogP contribution is 2.18. The predicted molar refractivity (Wildman–Crippen MR) is 111 cm³/mol. The number of aromatic nitrogens is 2. The van der Waals surface area contributed by atoms with Crippen molar-refractivity contribution >= 4 is 17.5 Å². The number of nitrogens with one attached hydrogen (secondary N) is 2. The van der Waals surface area contributed by atoms with E-state index in [-0.39, 0.29) is 11.8 Å². The van der Waals surface area contributed by atoms with E-state index in [2.05, 4.69) is 29.6 Å². The zero-order chi connectivity index (χ0) is 20.7. The summed E-state index contributed by atoms with van der Waals surface area (Å²) in [6.45, 7) is 9.96. The predicted octanol–water partition coefficient (Wildman–Crippen LogP) is 2.42. The number of para-hydroxylation sites is 1. The molecule has 7 nitrogen and oxygen atoms in total. The van der Waals surface area contributed by atoms with Gasteiger partial charge < -0.3 is 16.4 Å². The fraction of sp³-hybridized carbons (Fsp3) is 0.476. The highest BCUT2D eigenvalue weighted by Gasteiger charge is 2.16. The molecule has 0 radical (unpaired) electrons. The Bertz CT molecular complexity index is 826. The fourth-order valence-electron chi connectivity index (χ4n) is 3.14. The third-order valence-corrected chi connectivity index (χ3v) is 4.55.